The van der Waals surface area contributed by atoms with E-state index in [1.165, 1.54) is 12.2 Å². The van der Waals surface area contributed by atoms with Gasteiger partial charge in [-0.05, 0) is 12.5 Å². The van der Waals surface area contributed by atoms with Crippen molar-refractivity contribution in [3.05, 3.63) is 12.2 Å². The van der Waals surface area contributed by atoms with Gasteiger partial charge in [0.05, 0.1) is 5.92 Å². The average Bonchev–Trinajstić information content (AvgIpc) is 2.37. The first-order valence-electron chi connectivity index (χ1n) is 3.76. The summed E-state index contributed by atoms with van der Waals surface area (Å²) < 4.78 is 4.74. The van der Waals surface area contributed by atoms with E-state index in [-0.39, 0.29) is 0 Å². The number of hydrogen-bond acceptors (Lipinski definition) is 3. The zero-order chi connectivity index (χ0) is 9.14. The van der Waals surface area contributed by atoms with E-state index in [1.807, 2.05) is 0 Å². The lowest BCUT2D eigenvalue weighted by atomic mass is 10.0. The summed E-state index contributed by atoms with van der Waals surface area (Å²) in [6.45, 7) is 1.75. The van der Waals surface area contributed by atoms with E-state index in [4.69, 9.17) is 9.84 Å². The Kier molecular flexibility index (Phi) is 2.47. The molecule has 0 amide bonds. The fourth-order valence-corrected chi connectivity index (χ4v) is 1.15. The van der Waals surface area contributed by atoms with Crippen molar-refractivity contribution in [1.82, 2.24) is 0 Å². The number of carbonyl (C=O) groups is 2. The van der Waals surface area contributed by atoms with Gasteiger partial charge in [-0.2, -0.15) is 0 Å². The van der Waals surface area contributed by atoms with Crippen LogP contribution >= 0.6 is 0 Å². The van der Waals surface area contributed by atoms with Gasteiger partial charge >= 0.3 is 11.9 Å². The normalized spacial score (nSPS) is 23.8. The smallest absolute Gasteiger partial charge is 0.331 e. The molecule has 4 heteroatoms. The van der Waals surface area contributed by atoms with Gasteiger partial charge in [-0.1, -0.05) is 6.92 Å². The van der Waals surface area contributed by atoms with Gasteiger partial charge in [0, 0.05) is 6.08 Å². The minimum absolute atomic E-state index is 0.456. The molecule has 2 unspecified atom stereocenters. The van der Waals surface area contributed by atoms with Gasteiger partial charge in [0.2, 0.25) is 0 Å². The highest BCUT2D eigenvalue weighted by molar-refractivity contribution is 5.85. The number of ether oxygens (including phenoxy) is 1. The highest BCUT2D eigenvalue weighted by Crippen LogP contribution is 2.18. The number of hydrogen-bond donors (Lipinski definition) is 1. The molecule has 0 radical (unpaired) electrons. The van der Waals surface area contributed by atoms with Crippen LogP contribution in [0.15, 0.2) is 12.2 Å². The maximum absolute atomic E-state index is 10.6. The summed E-state index contributed by atoms with van der Waals surface area (Å²) >= 11 is 0. The van der Waals surface area contributed by atoms with Crippen LogP contribution < -0.4 is 0 Å². The molecule has 0 aromatic carbocycles. The van der Waals surface area contributed by atoms with E-state index in [0.717, 1.165) is 0 Å². The Balaban J connectivity index is 2.63. The van der Waals surface area contributed by atoms with Gasteiger partial charge in [-0.3, -0.25) is 4.79 Å². The predicted octanol–water partition coefficient (Wildman–Crippen LogP) is 0.579. The van der Waals surface area contributed by atoms with Crippen molar-refractivity contribution >= 4 is 11.9 Å². The van der Waals surface area contributed by atoms with Gasteiger partial charge in [-0.25, -0.2) is 4.79 Å². The molecule has 0 spiro atoms. The third-order valence-corrected chi connectivity index (χ3v) is 1.83. The molecule has 0 aliphatic carbocycles. The molecule has 1 aliphatic rings. The number of esters is 1. The Morgan fingerprint density at radius 3 is 2.83 bits per heavy atom. The van der Waals surface area contributed by atoms with Crippen molar-refractivity contribution in [1.29, 1.82) is 0 Å². The van der Waals surface area contributed by atoms with Crippen molar-refractivity contribution in [3.63, 3.8) is 0 Å². The molecular weight excluding hydrogens is 160 g/mol. The summed E-state index contributed by atoms with van der Waals surface area (Å²) in [5.41, 5.74) is 0. The largest absolute Gasteiger partial charge is 0.481 e. The third-order valence-electron chi connectivity index (χ3n) is 1.83. The van der Waals surface area contributed by atoms with Crippen LogP contribution in [0.2, 0.25) is 0 Å². The second kappa shape index (κ2) is 3.38. The lowest BCUT2D eigenvalue weighted by Crippen LogP contribution is -2.27. The standard InChI is InChI=1S/C8H10O4/c1-2-5(8(10)11)6-3-4-7(9)12-6/h3-6H,2H2,1H3,(H,10,11). The minimum Gasteiger partial charge on any atom is -0.481 e. The summed E-state index contributed by atoms with van der Waals surface area (Å²) in [4.78, 5) is 21.2. The number of cyclic esters (lactones) is 1. The van der Waals surface area contributed by atoms with Crippen molar-refractivity contribution < 1.29 is 19.4 Å². The molecule has 0 saturated heterocycles. The maximum Gasteiger partial charge on any atom is 0.331 e. The molecule has 1 aliphatic heterocycles. The highest BCUT2D eigenvalue weighted by Gasteiger charge is 2.30. The molecule has 0 aromatic heterocycles. The molecule has 2 atom stereocenters. The van der Waals surface area contributed by atoms with E-state index in [2.05, 4.69) is 0 Å². The number of carbonyl (C=O) groups excluding carboxylic acids is 1. The maximum atomic E-state index is 10.6. The molecule has 0 aromatic rings. The second-order valence-electron chi connectivity index (χ2n) is 2.61. The molecule has 0 fully saturated rings. The molecule has 4 nitrogen and oxygen atoms in total. The SMILES string of the molecule is CCC(C(=O)O)C1C=CC(=O)O1. The lowest BCUT2D eigenvalue weighted by molar-refractivity contribution is -0.150. The molecule has 1 N–H and O–H groups in total. The topological polar surface area (TPSA) is 63.6 Å². The van der Waals surface area contributed by atoms with Gasteiger partial charge in [0.25, 0.3) is 0 Å². The van der Waals surface area contributed by atoms with Gasteiger partial charge in [0.15, 0.2) is 0 Å². The fraction of sp³-hybridized carbons (Fsp3) is 0.500. The van der Waals surface area contributed by atoms with Gasteiger partial charge in [0.1, 0.15) is 6.10 Å². The van der Waals surface area contributed by atoms with E-state index in [9.17, 15) is 9.59 Å². The van der Waals surface area contributed by atoms with E-state index >= 15 is 0 Å². The Hall–Kier alpha value is -1.32. The molecular formula is C8H10O4. The predicted molar refractivity (Wildman–Crippen MR) is 40.4 cm³/mol. The highest BCUT2D eigenvalue weighted by atomic mass is 16.5. The van der Waals surface area contributed by atoms with Crippen LogP contribution in [0.1, 0.15) is 13.3 Å². The van der Waals surface area contributed by atoms with Crippen LogP contribution in [0.3, 0.4) is 0 Å². The van der Waals surface area contributed by atoms with Gasteiger partial charge < -0.3 is 9.84 Å². The quantitative estimate of drug-likeness (QED) is 0.629. The van der Waals surface area contributed by atoms with E-state index in [1.54, 1.807) is 6.92 Å². The van der Waals surface area contributed by atoms with Crippen molar-refractivity contribution in [2.45, 2.75) is 19.4 Å². The van der Waals surface area contributed by atoms with E-state index < -0.39 is 24.0 Å². The van der Waals surface area contributed by atoms with Crippen LogP contribution in [0.4, 0.5) is 0 Å². The molecule has 1 heterocycles. The second-order valence-corrected chi connectivity index (χ2v) is 2.61. The zero-order valence-corrected chi connectivity index (χ0v) is 6.69. The monoisotopic (exact) mass is 170 g/mol. The Labute approximate surface area is 69.8 Å². The van der Waals surface area contributed by atoms with Crippen LogP contribution in [0.5, 0.6) is 0 Å². The summed E-state index contributed by atoms with van der Waals surface area (Å²) in [6.07, 6.45) is 2.62. The lowest BCUT2D eigenvalue weighted by Gasteiger charge is -2.14. The van der Waals surface area contributed by atoms with Crippen LogP contribution in [0, 0.1) is 5.92 Å². The molecule has 12 heavy (non-hydrogen) atoms. The number of carboxylic acid groups (broad SMARTS) is 1. The first-order chi connectivity index (χ1) is 5.65. The number of rotatable bonds is 3. The first-order valence-corrected chi connectivity index (χ1v) is 3.76. The average molecular weight is 170 g/mol. The van der Waals surface area contributed by atoms with Gasteiger partial charge in [-0.15, -0.1) is 0 Å². The first kappa shape index (κ1) is 8.77. The molecule has 0 bridgehead atoms. The van der Waals surface area contributed by atoms with Crippen LogP contribution in [-0.2, 0) is 14.3 Å². The zero-order valence-electron chi connectivity index (χ0n) is 6.69. The van der Waals surface area contributed by atoms with Crippen molar-refractivity contribution in [3.8, 4) is 0 Å². The summed E-state index contributed by atoms with van der Waals surface area (Å²) in [5.74, 6) is -2.01. The summed E-state index contributed by atoms with van der Waals surface area (Å²) in [5, 5.41) is 8.69. The fourth-order valence-electron chi connectivity index (χ4n) is 1.15. The Bertz CT molecular complexity index is 231. The molecule has 0 saturated carbocycles. The van der Waals surface area contributed by atoms with Crippen molar-refractivity contribution in [2.24, 2.45) is 5.92 Å². The number of carboxylic acids is 1. The Morgan fingerprint density at radius 2 is 2.50 bits per heavy atom. The Morgan fingerprint density at radius 1 is 1.83 bits per heavy atom. The minimum atomic E-state index is -0.929. The summed E-state index contributed by atoms with van der Waals surface area (Å²) in [7, 11) is 0. The van der Waals surface area contributed by atoms with Crippen molar-refractivity contribution in [2.75, 3.05) is 0 Å². The van der Waals surface area contributed by atoms with Crippen LogP contribution in [-0.4, -0.2) is 23.1 Å². The number of aliphatic carboxylic acids is 1. The van der Waals surface area contributed by atoms with Crippen LogP contribution in [0.25, 0.3) is 0 Å². The van der Waals surface area contributed by atoms with E-state index in [0.29, 0.717) is 6.42 Å². The summed E-state index contributed by atoms with van der Waals surface area (Å²) in [6, 6.07) is 0. The third kappa shape index (κ3) is 1.64. The molecule has 1 rings (SSSR count). The molecule has 66 valence electrons.